The minimum absolute atomic E-state index is 0.0712. The van der Waals surface area contributed by atoms with E-state index in [0.717, 1.165) is 22.7 Å². The van der Waals surface area contributed by atoms with Gasteiger partial charge in [0.15, 0.2) is 0 Å². The fourth-order valence-corrected chi connectivity index (χ4v) is 5.96. The van der Waals surface area contributed by atoms with Crippen molar-refractivity contribution in [3.8, 4) is 5.75 Å². The first-order chi connectivity index (χ1) is 19.8. The van der Waals surface area contributed by atoms with E-state index < -0.39 is 28.5 Å². The summed E-state index contributed by atoms with van der Waals surface area (Å²) in [7, 11) is -4.10. The normalized spacial score (nSPS) is 11.9. The molecule has 0 saturated heterocycles. The van der Waals surface area contributed by atoms with E-state index in [1.807, 2.05) is 51.1 Å². The standard InChI is InChI=1S/C32H41N3O5S/c1-4-7-23-33-32(37)30(5-2)34(24-22-26-14-10-8-11-15-26)31(36)25-35(27-18-20-28(21-19-27)40-6-3)41(38,39)29-16-12-9-13-17-29/h8-21,30H,4-7,22-25H2,1-3H3,(H,33,37)/t30-/m0/s1. The first kappa shape index (κ1) is 31.7. The maximum absolute atomic E-state index is 14.0. The zero-order valence-corrected chi connectivity index (χ0v) is 25.0. The van der Waals surface area contributed by atoms with Gasteiger partial charge in [-0.1, -0.05) is 68.8 Å². The van der Waals surface area contributed by atoms with Crippen LogP contribution < -0.4 is 14.4 Å². The van der Waals surface area contributed by atoms with Crippen LogP contribution in [-0.2, 0) is 26.0 Å². The van der Waals surface area contributed by atoms with Crippen molar-refractivity contribution < 1.29 is 22.7 Å². The van der Waals surface area contributed by atoms with Crippen molar-refractivity contribution in [1.82, 2.24) is 10.2 Å². The van der Waals surface area contributed by atoms with Gasteiger partial charge in [0.1, 0.15) is 18.3 Å². The third-order valence-corrected chi connectivity index (χ3v) is 8.53. The number of hydrogen-bond acceptors (Lipinski definition) is 5. The second-order valence-electron chi connectivity index (χ2n) is 9.64. The van der Waals surface area contributed by atoms with Gasteiger partial charge in [-0.2, -0.15) is 0 Å². The SMILES string of the molecule is CCCCNC(=O)[C@H](CC)N(CCc1ccccc1)C(=O)CN(c1ccc(OCC)cc1)S(=O)(=O)c1ccccc1. The lowest BCUT2D eigenvalue weighted by Crippen LogP contribution is -2.53. The number of carbonyl (C=O) groups is 2. The van der Waals surface area contributed by atoms with Gasteiger partial charge in [-0.05, 0) is 68.1 Å². The van der Waals surface area contributed by atoms with Gasteiger partial charge in [0.05, 0.1) is 17.2 Å². The van der Waals surface area contributed by atoms with Gasteiger partial charge in [-0.25, -0.2) is 8.42 Å². The molecule has 220 valence electrons. The first-order valence-electron chi connectivity index (χ1n) is 14.2. The third-order valence-electron chi connectivity index (χ3n) is 6.75. The minimum Gasteiger partial charge on any atom is -0.494 e. The molecule has 41 heavy (non-hydrogen) atoms. The molecule has 1 atom stereocenters. The average Bonchev–Trinajstić information content (AvgIpc) is 2.99. The molecule has 0 aromatic heterocycles. The number of carbonyl (C=O) groups excluding carboxylic acids is 2. The molecule has 3 aromatic carbocycles. The highest BCUT2D eigenvalue weighted by Gasteiger charge is 2.33. The summed E-state index contributed by atoms with van der Waals surface area (Å²) in [5.74, 6) is -0.0911. The van der Waals surface area contributed by atoms with E-state index in [2.05, 4.69) is 5.32 Å². The smallest absolute Gasteiger partial charge is 0.264 e. The number of nitrogens with one attached hydrogen (secondary N) is 1. The number of hydrogen-bond donors (Lipinski definition) is 1. The van der Waals surface area contributed by atoms with E-state index in [4.69, 9.17) is 4.74 Å². The Balaban J connectivity index is 1.97. The zero-order chi connectivity index (χ0) is 29.7. The van der Waals surface area contributed by atoms with Gasteiger partial charge in [-0.3, -0.25) is 13.9 Å². The Morgan fingerprint density at radius 3 is 2.10 bits per heavy atom. The van der Waals surface area contributed by atoms with Crippen molar-refractivity contribution in [1.29, 1.82) is 0 Å². The van der Waals surface area contributed by atoms with E-state index >= 15 is 0 Å². The third kappa shape index (κ3) is 8.82. The molecule has 0 aliphatic heterocycles. The predicted octanol–water partition coefficient (Wildman–Crippen LogP) is 5.05. The molecule has 0 fully saturated rings. The highest BCUT2D eigenvalue weighted by atomic mass is 32.2. The summed E-state index contributed by atoms with van der Waals surface area (Å²) in [4.78, 5) is 28.9. The number of nitrogens with zero attached hydrogens (tertiary/aromatic N) is 2. The molecule has 9 heteroatoms. The van der Waals surface area contributed by atoms with Crippen LogP contribution in [0.25, 0.3) is 0 Å². The predicted molar refractivity (Wildman–Crippen MR) is 162 cm³/mol. The van der Waals surface area contributed by atoms with Crippen molar-refractivity contribution in [2.75, 3.05) is 30.5 Å². The van der Waals surface area contributed by atoms with Gasteiger partial charge >= 0.3 is 0 Å². The van der Waals surface area contributed by atoms with Crippen LogP contribution in [0.5, 0.6) is 5.75 Å². The summed E-state index contributed by atoms with van der Waals surface area (Å²) in [5, 5.41) is 2.95. The van der Waals surface area contributed by atoms with Crippen LogP contribution in [0.1, 0.15) is 45.6 Å². The van der Waals surface area contributed by atoms with E-state index in [1.165, 1.54) is 17.0 Å². The number of sulfonamides is 1. The summed E-state index contributed by atoms with van der Waals surface area (Å²) in [6, 6.07) is 23.6. The Labute approximate surface area is 244 Å². The van der Waals surface area contributed by atoms with Gasteiger partial charge in [0.2, 0.25) is 11.8 Å². The summed E-state index contributed by atoms with van der Waals surface area (Å²) < 4.78 is 34.4. The van der Waals surface area contributed by atoms with Gasteiger partial charge < -0.3 is 15.0 Å². The quantitative estimate of drug-likeness (QED) is 0.240. The largest absolute Gasteiger partial charge is 0.494 e. The van der Waals surface area contributed by atoms with Crippen LogP contribution in [-0.4, -0.2) is 57.4 Å². The molecule has 8 nitrogen and oxygen atoms in total. The average molecular weight is 580 g/mol. The number of unbranched alkanes of at least 4 members (excludes halogenated alkanes) is 1. The Kier molecular flexibility index (Phi) is 12.2. The molecule has 0 aliphatic carbocycles. The van der Waals surface area contributed by atoms with Crippen LogP contribution in [0, 0.1) is 0 Å². The van der Waals surface area contributed by atoms with Crippen molar-refractivity contribution in [2.45, 2.75) is 57.4 Å². The van der Waals surface area contributed by atoms with Gasteiger partial charge in [-0.15, -0.1) is 0 Å². The molecule has 0 spiro atoms. The van der Waals surface area contributed by atoms with Crippen molar-refractivity contribution >= 4 is 27.5 Å². The topological polar surface area (TPSA) is 96.0 Å². The monoisotopic (exact) mass is 579 g/mol. The summed E-state index contributed by atoms with van der Waals surface area (Å²) >= 11 is 0. The molecule has 3 rings (SSSR count). The van der Waals surface area contributed by atoms with Crippen molar-refractivity contribution in [3.63, 3.8) is 0 Å². The number of rotatable bonds is 16. The Morgan fingerprint density at radius 1 is 0.878 bits per heavy atom. The summed E-state index contributed by atoms with van der Waals surface area (Å²) in [6.45, 7) is 6.57. The van der Waals surface area contributed by atoms with Crippen molar-refractivity contribution in [2.24, 2.45) is 0 Å². The van der Waals surface area contributed by atoms with Crippen LogP contribution in [0.3, 0.4) is 0 Å². The lowest BCUT2D eigenvalue weighted by Gasteiger charge is -2.33. The fraction of sp³-hybridized carbons (Fsp3) is 0.375. The highest BCUT2D eigenvalue weighted by molar-refractivity contribution is 7.92. The lowest BCUT2D eigenvalue weighted by atomic mass is 10.1. The molecule has 0 radical (unpaired) electrons. The Bertz CT molecular complexity index is 1330. The van der Waals surface area contributed by atoms with Gasteiger partial charge in [0.25, 0.3) is 10.0 Å². The molecular weight excluding hydrogens is 538 g/mol. The Morgan fingerprint density at radius 2 is 1.51 bits per heavy atom. The van der Waals surface area contributed by atoms with Crippen molar-refractivity contribution in [3.05, 3.63) is 90.5 Å². The van der Waals surface area contributed by atoms with E-state index in [1.54, 1.807) is 42.5 Å². The Hall–Kier alpha value is -3.85. The van der Waals surface area contributed by atoms with Gasteiger partial charge in [0, 0.05) is 13.1 Å². The number of benzene rings is 3. The zero-order valence-electron chi connectivity index (χ0n) is 24.2. The van der Waals surface area contributed by atoms with Crippen LogP contribution in [0.4, 0.5) is 5.69 Å². The number of anilines is 1. The molecule has 1 N–H and O–H groups in total. The molecule has 0 heterocycles. The maximum atomic E-state index is 14.0. The molecule has 2 amide bonds. The lowest BCUT2D eigenvalue weighted by molar-refractivity contribution is -0.139. The maximum Gasteiger partial charge on any atom is 0.264 e. The molecule has 0 unspecified atom stereocenters. The molecule has 0 aliphatic rings. The highest BCUT2D eigenvalue weighted by Crippen LogP contribution is 2.26. The number of ether oxygens (including phenoxy) is 1. The fourth-order valence-electron chi connectivity index (χ4n) is 4.53. The molecule has 3 aromatic rings. The second-order valence-corrected chi connectivity index (χ2v) is 11.5. The van der Waals surface area contributed by atoms with E-state index in [9.17, 15) is 18.0 Å². The van der Waals surface area contributed by atoms with E-state index in [0.29, 0.717) is 37.4 Å². The second kappa shape index (κ2) is 15.8. The van der Waals surface area contributed by atoms with E-state index in [-0.39, 0.29) is 17.3 Å². The minimum atomic E-state index is -4.10. The summed E-state index contributed by atoms with van der Waals surface area (Å²) in [6.07, 6.45) is 2.69. The molecular formula is C32H41N3O5S. The summed E-state index contributed by atoms with van der Waals surface area (Å²) in [5.41, 5.74) is 1.35. The number of amides is 2. The first-order valence-corrected chi connectivity index (χ1v) is 15.7. The van der Waals surface area contributed by atoms with Crippen LogP contribution in [0.15, 0.2) is 89.8 Å². The van der Waals surface area contributed by atoms with Crippen LogP contribution >= 0.6 is 0 Å². The van der Waals surface area contributed by atoms with Crippen LogP contribution in [0.2, 0.25) is 0 Å². The molecule has 0 bridgehead atoms. The molecule has 0 saturated carbocycles.